The van der Waals surface area contributed by atoms with E-state index in [-0.39, 0.29) is 22.9 Å². The Kier molecular flexibility index (Phi) is 7.04. The van der Waals surface area contributed by atoms with E-state index in [2.05, 4.69) is 10.6 Å². The largest absolute Gasteiger partial charge is 0.325 e. The number of carbonyl (C=O) groups is 2. The number of nitro benzene ring substituents is 1. The number of thioether (sulfide) groups is 1. The Labute approximate surface area is 184 Å². The Balaban J connectivity index is 1.54. The molecule has 3 aromatic rings. The number of nitro groups is 1. The van der Waals surface area contributed by atoms with Crippen molar-refractivity contribution in [2.45, 2.75) is 18.7 Å². The van der Waals surface area contributed by atoms with Gasteiger partial charge in [0.15, 0.2) is 0 Å². The van der Waals surface area contributed by atoms with Crippen molar-refractivity contribution in [2.24, 2.45) is 0 Å². The number of non-ortho nitro benzene ring substituents is 1. The second kappa shape index (κ2) is 9.90. The van der Waals surface area contributed by atoms with Gasteiger partial charge < -0.3 is 10.6 Å². The zero-order chi connectivity index (χ0) is 22.4. The number of benzene rings is 3. The molecule has 0 atom stereocenters. The number of amides is 2. The van der Waals surface area contributed by atoms with Crippen molar-refractivity contribution in [1.29, 1.82) is 0 Å². The number of hydrogen-bond donors (Lipinski definition) is 2. The van der Waals surface area contributed by atoms with Crippen LogP contribution in [0.15, 0.2) is 71.6 Å². The van der Waals surface area contributed by atoms with Gasteiger partial charge in [0.25, 0.3) is 11.6 Å². The molecular weight excluding hydrogens is 414 g/mol. The number of hydrogen-bond acceptors (Lipinski definition) is 5. The third kappa shape index (κ3) is 6.16. The zero-order valence-electron chi connectivity index (χ0n) is 17.0. The number of rotatable bonds is 7. The van der Waals surface area contributed by atoms with Crippen molar-refractivity contribution in [1.82, 2.24) is 0 Å². The number of carbonyl (C=O) groups excluding carboxylic acids is 2. The van der Waals surface area contributed by atoms with Gasteiger partial charge in [-0.25, -0.2) is 0 Å². The average Bonchev–Trinajstić information content (AvgIpc) is 2.76. The Morgan fingerprint density at radius 1 is 0.968 bits per heavy atom. The molecule has 0 saturated heterocycles. The summed E-state index contributed by atoms with van der Waals surface area (Å²) in [4.78, 5) is 35.8. The van der Waals surface area contributed by atoms with E-state index in [4.69, 9.17) is 0 Å². The van der Waals surface area contributed by atoms with Crippen LogP contribution in [0.4, 0.5) is 17.1 Å². The molecule has 158 valence electrons. The lowest BCUT2D eigenvalue weighted by Crippen LogP contribution is -2.15. The molecule has 0 aliphatic rings. The number of aryl methyl sites for hydroxylation is 2. The smallest absolute Gasteiger partial charge is 0.270 e. The lowest BCUT2D eigenvalue weighted by Gasteiger charge is -2.10. The van der Waals surface area contributed by atoms with Crippen LogP contribution in [0.1, 0.15) is 21.5 Å². The maximum Gasteiger partial charge on any atom is 0.270 e. The van der Waals surface area contributed by atoms with Gasteiger partial charge in [0, 0.05) is 34.0 Å². The summed E-state index contributed by atoms with van der Waals surface area (Å²) in [5.74, 6) is -0.272. The molecule has 0 bridgehead atoms. The minimum atomic E-state index is -0.542. The highest BCUT2D eigenvalue weighted by atomic mass is 32.2. The normalized spacial score (nSPS) is 10.4. The fourth-order valence-corrected chi connectivity index (χ4v) is 3.50. The van der Waals surface area contributed by atoms with Crippen LogP contribution in [0.5, 0.6) is 0 Å². The highest BCUT2D eigenvalue weighted by Gasteiger charge is 2.12. The highest BCUT2D eigenvalue weighted by Crippen LogP contribution is 2.22. The van der Waals surface area contributed by atoms with Gasteiger partial charge in [0.1, 0.15) is 0 Å². The maximum absolute atomic E-state index is 12.3. The summed E-state index contributed by atoms with van der Waals surface area (Å²) in [5, 5.41) is 16.5. The fraction of sp³-hybridized carbons (Fsp3) is 0.130. The van der Waals surface area contributed by atoms with Gasteiger partial charge in [0.05, 0.1) is 10.7 Å². The molecule has 3 rings (SSSR count). The van der Waals surface area contributed by atoms with Crippen LogP contribution in [0.3, 0.4) is 0 Å². The molecule has 0 radical (unpaired) electrons. The summed E-state index contributed by atoms with van der Waals surface area (Å²) in [6.07, 6.45) is 0. The molecule has 3 aromatic carbocycles. The van der Waals surface area contributed by atoms with Gasteiger partial charge in [-0.05, 0) is 61.4 Å². The van der Waals surface area contributed by atoms with Crippen LogP contribution in [-0.4, -0.2) is 22.5 Å². The summed E-state index contributed by atoms with van der Waals surface area (Å²) in [6.45, 7) is 3.92. The van der Waals surface area contributed by atoms with Crippen LogP contribution >= 0.6 is 11.8 Å². The second-order valence-electron chi connectivity index (χ2n) is 6.94. The molecule has 7 nitrogen and oxygen atoms in total. The molecular formula is C23H21N3O4S. The average molecular weight is 436 g/mol. The van der Waals surface area contributed by atoms with Crippen molar-refractivity contribution >= 4 is 40.6 Å². The van der Waals surface area contributed by atoms with Crippen molar-refractivity contribution in [2.75, 3.05) is 16.4 Å². The number of nitrogens with zero attached hydrogens (tertiary/aromatic N) is 1. The Morgan fingerprint density at radius 2 is 1.71 bits per heavy atom. The molecule has 0 aliphatic heterocycles. The topological polar surface area (TPSA) is 101 Å². The minimum Gasteiger partial charge on any atom is -0.325 e. The molecule has 0 aliphatic carbocycles. The van der Waals surface area contributed by atoms with Crippen molar-refractivity contribution < 1.29 is 14.5 Å². The van der Waals surface area contributed by atoms with Crippen LogP contribution < -0.4 is 10.6 Å². The SMILES string of the molecule is Cc1ccc(C)c(NC(=O)CSc2ccc(NC(=O)c3cccc([N+](=O)[O-])c3)cc2)c1. The van der Waals surface area contributed by atoms with Gasteiger partial charge in [0.2, 0.25) is 5.91 Å². The lowest BCUT2D eigenvalue weighted by molar-refractivity contribution is -0.384. The van der Waals surface area contributed by atoms with Crippen molar-refractivity contribution in [3.8, 4) is 0 Å². The minimum absolute atomic E-state index is 0.0956. The molecule has 0 saturated carbocycles. The summed E-state index contributed by atoms with van der Waals surface area (Å²) in [7, 11) is 0. The van der Waals surface area contributed by atoms with Gasteiger partial charge >= 0.3 is 0 Å². The third-order valence-electron chi connectivity index (χ3n) is 4.47. The molecule has 0 heterocycles. The van der Waals surface area contributed by atoms with E-state index in [0.29, 0.717) is 5.69 Å². The van der Waals surface area contributed by atoms with E-state index in [1.165, 1.54) is 36.0 Å². The Morgan fingerprint density at radius 3 is 2.42 bits per heavy atom. The van der Waals surface area contributed by atoms with E-state index < -0.39 is 10.8 Å². The lowest BCUT2D eigenvalue weighted by atomic mass is 10.1. The van der Waals surface area contributed by atoms with Gasteiger partial charge in [-0.15, -0.1) is 11.8 Å². The summed E-state index contributed by atoms with van der Waals surface area (Å²) < 4.78 is 0. The first-order valence-corrected chi connectivity index (χ1v) is 10.5. The quantitative estimate of drug-likeness (QED) is 0.302. The third-order valence-corrected chi connectivity index (χ3v) is 5.48. The van der Waals surface area contributed by atoms with Gasteiger partial charge in [-0.1, -0.05) is 18.2 Å². The molecule has 2 amide bonds. The Bertz CT molecular complexity index is 1130. The van der Waals surface area contributed by atoms with E-state index >= 15 is 0 Å². The van der Waals surface area contributed by atoms with E-state index in [9.17, 15) is 19.7 Å². The fourth-order valence-electron chi connectivity index (χ4n) is 2.80. The van der Waals surface area contributed by atoms with E-state index in [1.54, 1.807) is 24.3 Å². The molecule has 8 heteroatoms. The summed E-state index contributed by atoms with van der Waals surface area (Å²) >= 11 is 1.39. The monoisotopic (exact) mass is 435 g/mol. The summed E-state index contributed by atoms with van der Waals surface area (Å²) in [5.41, 5.74) is 3.52. The van der Waals surface area contributed by atoms with Crippen molar-refractivity contribution in [3.63, 3.8) is 0 Å². The second-order valence-corrected chi connectivity index (χ2v) is 7.99. The van der Waals surface area contributed by atoms with Crippen LogP contribution in [0, 0.1) is 24.0 Å². The predicted molar refractivity (Wildman–Crippen MR) is 123 cm³/mol. The number of anilines is 2. The molecule has 2 N–H and O–H groups in total. The molecule has 0 spiro atoms. The first kappa shape index (κ1) is 22.0. The standard InChI is InChI=1S/C23H21N3O4S/c1-15-6-7-16(2)21(12-15)25-22(27)14-31-20-10-8-18(9-11-20)24-23(28)17-4-3-5-19(13-17)26(29)30/h3-13H,14H2,1-2H3,(H,24,28)(H,25,27). The number of nitrogens with one attached hydrogen (secondary N) is 2. The molecule has 0 fully saturated rings. The molecule has 0 aromatic heterocycles. The van der Waals surface area contributed by atoms with E-state index in [0.717, 1.165) is 21.7 Å². The highest BCUT2D eigenvalue weighted by molar-refractivity contribution is 8.00. The van der Waals surface area contributed by atoms with Crippen LogP contribution in [0.2, 0.25) is 0 Å². The van der Waals surface area contributed by atoms with Crippen molar-refractivity contribution in [3.05, 3.63) is 93.5 Å². The maximum atomic E-state index is 12.3. The predicted octanol–water partition coefficient (Wildman–Crippen LogP) is 5.19. The summed E-state index contributed by atoms with van der Waals surface area (Å²) in [6, 6.07) is 18.5. The first-order chi connectivity index (χ1) is 14.8. The molecule has 0 unspecified atom stereocenters. The Hall–Kier alpha value is -3.65. The first-order valence-electron chi connectivity index (χ1n) is 9.47. The van der Waals surface area contributed by atoms with E-state index in [1.807, 2.05) is 32.0 Å². The van der Waals surface area contributed by atoms with Gasteiger partial charge in [-0.2, -0.15) is 0 Å². The van der Waals surface area contributed by atoms with Gasteiger partial charge in [-0.3, -0.25) is 19.7 Å². The zero-order valence-corrected chi connectivity index (χ0v) is 17.9. The van der Waals surface area contributed by atoms with Crippen LogP contribution in [-0.2, 0) is 4.79 Å². The van der Waals surface area contributed by atoms with Crippen LogP contribution in [0.25, 0.3) is 0 Å². The molecule has 31 heavy (non-hydrogen) atoms.